The standard InChI is InChI=1S/C12H15Cl2NO4S/c1-4-7(2)15-12(16)9-5-8(13)6-10(11(9)19-3)20(14,17)18/h5-7H,4H2,1-3H3,(H,15,16). The number of amides is 1. The first kappa shape index (κ1) is 17.1. The van der Waals surface area contributed by atoms with Crippen LogP contribution < -0.4 is 10.1 Å². The summed E-state index contributed by atoms with van der Waals surface area (Å²) in [6, 6.07) is 2.41. The third kappa shape index (κ3) is 4.01. The van der Waals surface area contributed by atoms with Crippen LogP contribution >= 0.6 is 22.3 Å². The molecule has 1 aromatic rings. The number of hydrogen-bond donors (Lipinski definition) is 1. The highest BCUT2D eigenvalue weighted by Crippen LogP contribution is 2.33. The van der Waals surface area contributed by atoms with Crippen LogP contribution in [0.1, 0.15) is 30.6 Å². The molecule has 0 aliphatic rings. The highest BCUT2D eigenvalue weighted by Gasteiger charge is 2.24. The van der Waals surface area contributed by atoms with Crippen LogP contribution in [0.4, 0.5) is 0 Å². The van der Waals surface area contributed by atoms with E-state index in [1.165, 1.54) is 13.2 Å². The predicted molar refractivity (Wildman–Crippen MR) is 78.3 cm³/mol. The number of rotatable bonds is 5. The Morgan fingerprint density at radius 3 is 2.50 bits per heavy atom. The number of nitrogens with one attached hydrogen (secondary N) is 1. The van der Waals surface area contributed by atoms with Crippen molar-refractivity contribution in [3.63, 3.8) is 0 Å². The van der Waals surface area contributed by atoms with Crippen LogP contribution in [0, 0.1) is 0 Å². The molecule has 0 heterocycles. The Morgan fingerprint density at radius 1 is 1.45 bits per heavy atom. The second-order valence-corrected chi connectivity index (χ2v) is 7.18. The summed E-state index contributed by atoms with van der Waals surface area (Å²) < 4.78 is 28.0. The van der Waals surface area contributed by atoms with Gasteiger partial charge in [0.1, 0.15) is 4.90 Å². The molecule has 8 heteroatoms. The van der Waals surface area contributed by atoms with Gasteiger partial charge in [0.15, 0.2) is 5.75 Å². The maximum atomic E-state index is 12.1. The van der Waals surface area contributed by atoms with E-state index < -0.39 is 15.0 Å². The molecule has 0 aliphatic heterocycles. The normalized spacial score (nSPS) is 12.8. The van der Waals surface area contributed by atoms with Crippen LogP contribution in [0.5, 0.6) is 5.75 Å². The highest BCUT2D eigenvalue weighted by atomic mass is 35.7. The van der Waals surface area contributed by atoms with E-state index in [1.807, 2.05) is 13.8 Å². The highest BCUT2D eigenvalue weighted by molar-refractivity contribution is 8.13. The molecule has 1 unspecified atom stereocenters. The van der Waals surface area contributed by atoms with Crippen molar-refractivity contribution < 1.29 is 17.9 Å². The first-order valence-electron chi connectivity index (χ1n) is 5.83. The first-order chi connectivity index (χ1) is 9.20. The van der Waals surface area contributed by atoms with Gasteiger partial charge in [-0.05, 0) is 25.5 Å². The lowest BCUT2D eigenvalue weighted by atomic mass is 10.1. The monoisotopic (exact) mass is 339 g/mol. The minimum absolute atomic E-state index is 0.0273. The zero-order valence-corrected chi connectivity index (χ0v) is 13.6. The van der Waals surface area contributed by atoms with E-state index in [9.17, 15) is 13.2 Å². The molecule has 0 radical (unpaired) electrons. The molecule has 0 fully saturated rings. The fourth-order valence-electron chi connectivity index (χ4n) is 1.53. The van der Waals surface area contributed by atoms with Gasteiger partial charge in [-0.1, -0.05) is 18.5 Å². The van der Waals surface area contributed by atoms with Crippen molar-refractivity contribution in [3.05, 3.63) is 22.7 Å². The summed E-state index contributed by atoms with van der Waals surface area (Å²) in [6.07, 6.45) is 0.731. The molecule has 0 saturated heterocycles. The van der Waals surface area contributed by atoms with E-state index in [0.717, 1.165) is 12.5 Å². The Kier molecular flexibility index (Phi) is 5.68. The second kappa shape index (κ2) is 6.65. The van der Waals surface area contributed by atoms with Gasteiger partial charge in [0.25, 0.3) is 15.0 Å². The maximum Gasteiger partial charge on any atom is 0.265 e. The fourth-order valence-corrected chi connectivity index (χ4v) is 2.84. The van der Waals surface area contributed by atoms with Gasteiger partial charge in [-0.25, -0.2) is 8.42 Å². The number of halogens is 2. The fraction of sp³-hybridized carbons (Fsp3) is 0.417. The Hall–Kier alpha value is -0.980. The van der Waals surface area contributed by atoms with Crippen LogP contribution in [0.15, 0.2) is 17.0 Å². The molecule has 1 aromatic carbocycles. The van der Waals surface area contributed by atoms with Crippen LogP contribution in [0.3, 0.4) is 0 Å². The molecule has 0 aromatic heterocycles. The Balaban J connectivity index is 3.40. The molecule has 112 valence electrons. The summed E-state index contributed by atoms with van der Waals surface area (Å²) in [5.41, 5.74) is 0.0273. The SMILES string of the molecule is CCC(C)NC(=O)c1cc(Cl)cc(S(=O)(=O)Cl)c1OC. The van der Waals surface area contributed by atoms with Crippen LogP contribution in [-0.4, -0.2) is 27.5 Å². The Morgan fingerprint density at radius 2 is 2.05 bits per heavy atom. The van der Waals surface area contributed by atoms with Crippen molar-refractivity contribution in [1.82, 2.24) is 5.32 Å². The molecule has 0 spiro atoms. The van der Waals surface area contributed by atoms with Gasteiger partial charge in [0.05, 0.1) is 12.7 Å². The van der Waals surface area contributed by atoms with Crippen molar-refractivity contribution in [2.45, 2.75) is 31.2 Å². The van der Waals surface area contributed by atoms with Gasteiger partial charge in [0.2, 0.25) is 0 Å². The first-order valence-corrected chi connectivity index (χ1v) is 8.52. The summed E-state index contributed by atoms with van der Waals surface area (Å²) in [5, 5.41) is 2.79. The number of benzene rings is 1. The third-order valence-corrected chi connectivity index (χ3v) is 4.27. The van der Waals surface area contributed by atoms with E-state index in [2.05, 4.69) is 5.32 Å². The van der Waals surface area contributed by atoms with Gasteiger partial charge in [-0.3, -0.25) is 4.79 Å². The lowest BCUT2D eigenvalue weighted by molar-refractivity contribution is 0.0936. The van der Waals surface area contributed by atoms with E-state index in [1.54, 1.807) is 0 Å². The molecule has 0 bridgehead atoms. The molecule has 0 aliphatic carbocycles. The number of ether oxygens (including phenoxy) is 1. The minimum atomic E-state index is -4.08. The molecule has 1 N–H and O–H groups in total. The Labute approximate surface area is 127 Å². The number of methoxy groups -OCH3 is 1. The number of carbonyl (C=O) groups is 1. The zero-order chi connectivity index (χ0) is 15.5. The predicted octanol–water partition coefficient (Wildman–Crippen LogP) is 2.80. The maximum absolute atomic E-state index is 12.1. The van der Waals surface area contributed by atoms with Crippen molar-refractivity contribution in [2.24, 2.45) is 0 Å². The molecule has 1 rings (SSSR count). The summed E-state index contributed by atoms with van der Waals surface area (Å²) in [7, 11) is 2.51. The lowest BCUT2D eigenvalue weighted by Crippen LogP contribution is -2.32. The lowest BCUT2D eigenvalue weighted by Gasteiger charge is -2.15. The van der Waals surface area contributed by atoms with Crippen molar-refractivity contribution in [2.75, 3.05) is 7.11 Å². The number of hydrogen-bond acceptors (Lipinski definition) is 4. The van der Waals surface area contributed by atoms with Gasteiger partial charge in [-0.15, -0.1) is 0 Å². The van der Waals surface area contributed by atoms with E-state index in [-0.39, 0.29) is 27.3 Å². The summed E-state index contributed by atoms with van der Waals surface area (Å²) in [5.74, 6) is -0.592. The average molecular weight is 340 g/mol. The van der Waals surface area contributed by atoms with Crippen LogP contribution in [-0.2, 0) is 9.05 Å². The topological polar surface area (TPSA) is 72.5 Å². The second-order valence-electron chi connectivity index (χ2n) is 4.21. The van der Waals surface area contributed by atoms with E-state index in [0.29, 0.717) is 0 Å². The van der Waals surface area contributed by atoms with Crippen molar-refractivity contribution in [3.8, 4) is 5.75 Å². The van der Waals surface area contributed by atoms with Gasteiger partial charge in [-0.2, -0.15) is 0 Å². The number of carbonyl (C=O) groups excluding carboxylic acids is 1. The molecule has 0 saturated carbocycles. The van der Waals surface area contributed by atoms with Gasteiger partial charge >= 0.3 is 0 Å². The van der Waals surface area contributed by atoms with Gasteiger partial charge in [0, 0.05) is 21.7 Å². The average Bonchev–Trinajstić information content (AvgIpc) is 2.36. The molecular formula is C12H15Cl2NO4S. The quantitative estimate of drug-likeness (QED) is 0.837. The molecule has 5 nitrogen and oxygen atoms in total. The van der Waals surface area contributed by atoms with Gasteiger partial charge < -0.3 is 10.1 Å². The van der Waals surface area contributed by atoms with E-state index >= 15 is 0 Å². The summed E-state index contributed by atoms with van der Waals surface area (Å²) in [6.45, 7) is 3.74. The van der Waals surface area contributed by atoms with Crippen molar-refractivity contribution in [1.29, 1.82) is 0 Å². The molecule has 1 amide bonds. The minimum Gasteiger partial charge on any atom is -0.494 e. The summed E-state index contributed by atoms with van der Waals surface area (Å²) >= 11 is 5.84. The smallest absolute Gasteiger partial charge is 0.265 e. The summed E-state index contributed by atoms with van der Waals surface area (Å²) in [4.78, 5) is 11.8. The largest absolute Gasteiger partial charge is 0.494 e. The molecular weight excluding hydrogens is 325 g/mol. The van der Waals surface area contributed by atoms with Crippen molar-refractivity contribution >= 4 is 37.2 Å². The van der Waals surface area contributed by atoms with E-state index in [4.69, 9.17) is 27.0 Å². The molecule has 20 heavy (non-hydrogen) atoms. The Bertz CT molecular complexity index is 616. The third-order valence-electron chi connectivity index (χ3n) is 2.72. The molecule has 1 atom stereocenters. The zero-order valence-electron chi connectivity index (χ0n) is 11.2. The van der Waals surface area contributed by atoms with Crippen LogP contribution in [0.2, 0.25) is 5.02 Å². The van der Waals surface area contributed by atoms with Crippen LogP contribution in [0.25, 0.3) is 0 Å².